The summed E-state index contributed by atoms with van der Waals surface area (Å²) in [6.07, 6.45) is 4.54. The first kappa shape index (κ1) is 12.6. The number of rotatable bonds is 4. The summed E-state index contributed by atoms with van der Waals surface area (Å²) >= 11 is 0. The Balaban J connectivity index is 0. The van der Waals surface area contributed by atoms with E-state index in [2.05, 4.69) is 6.92 Å². The van der Waals surface area contributed by atoms with E-state index in [9.17, 15) is 0 Å². The Labute approximate surface area is 80.1 Å². The normalized spacial score (nSPS) is 12.3. The van der Waals surface area contributed by atoms with Crippen LogP contribution in [0.3, 0.4) is 0 Å². The van der Waals surface area contributed by atoms with Gasteiger partial charge in [0.15, 0.2) is 0 Å². The average molecular weight is 140 g/mol. The van der Waals surface area contributed by atoms with Crippen LogP contribution >= 0.6 is 0 Å². The van der Waals surface area contributed by atoms with E-state index in [0.717, 1.165) is 6.42 Å². The Morgan fingerprint density at radius 2 is 1.89 bits per heavy atom. The monoisotopic (exact) mass is 140 g/mol. The van der Waals surface area contributed by atoms with Crippen molar-refractivity contribution in [3.63, 3.8) is 0 Å². The maximum atomic E-state index is 8.78. The summed E-state index contributed by atoms with van der Waals surface area (Å²) in [6.45, 7) is 4.01. The van der Waals surface area contributed by atoms with Gasteiger partial charge in [-0.2, -0.15) is 0 Å². The van der Waals surface area contributed by atoms with Gasteiger partial charge in [-0.15, -0.1) is 0 Å². The van der Waals surface area contributed by atoms with Gasteiger partial charge in [-0.05, 0) is 13.3 Å². The van der Waals surface area contributed by atoms with Crippen LogP contribution in [0.4, 0.5) is 0 Å². The summed E-state index contributed by atoms with van der Waals surface area (Å²) < 4.78 is 0. The number of aliphatic hydroxyl groups is 1. The van der Waals surface area contributed by atoms with E-state index >= 15 is 0 Å². The minimum atomic E-state index is -0.0958. The van der Waals surface area contributed by atoms with Gasteiger partial charge in [0.05, 0.1) is 6.10 Å². The van der Waals surface area contributed by atoms with Crippen LogP contribution < -0.4 is 0 Å². The molecule has 52 valence electrons. The van der Waals surface area contributed by atoms with Crippen molar-refractivity contribution in [1.29, 1.82) is 0 Å². The first-order chi connectivity index (χ1) is 3.77. The van der Waals surface area contributed by atoms with Crippen LogP contribution in [-0.4, -0.2) is 40.8 Å². The predicted octanol–water partition coefficient (Wildman–Crippen LogP) is 1.30. The Morgan fingerprint density at radius 3 is 2.22 bits per heavy atom. The molecule has 1 N–H and O–H groups in total. The second kappa shape index (κ2) is 8.96. The van der Waals surface area contributed by atoms with E-state index in [1.54, 1.807) is 0 Å². The molecule has 0 rings (SSSR count). The van der Waals surface area contributed by atoms with Crippen molar-refractivity contribution in [3.05, 3.63) is 0 Å². The van der Waals surface area contributed by atoms with Crippen molar-refractivity contribution in [1.82, 2.24) is 0 Å². The molecule has 0 radical (unpaired) electrons. The van der Waals surface area contributed by atoms with E-state index in [0.29, 0.717) is 0 Å². The van der Waals surface area contributed by atoms with Gasteiger partial charge in [0, 0.05) is 0 Å². The van der Waals surface area contributed by atoms with E-state index in [4.69, 9.17) is 5.11 Å². The van der Waals surface area contributed by atoms with Gasteiger partial charge in [-0.1, -0.05) is 26.2 Å². The molecule has 2 heteroatoms. The third-order valence-corrected chi connectivity index (χ3v) is 1.23. The van der Waals surface area contributed by atoms with Gasteiger partial charge in [0.1, 0.15) is 0 Å². The molecular weight excluding hydrogens is 123 g/mol. The van der Waals surface area contributed by atoms with Crippen molar-refractivity contribution in [2.75, 3.05) is 0 Å². The predicted molar refractivity (Wildman–Crippen MR) is 43.0 cm³/mol. The zero-order valence-electron chi connectivity index (χ0n) is 5.85. The van der Waals surface area contributed by atoms with Crippen molar-refractivity contribution < 1.29 is 5.11 Å². The molecule has 0 aliphatic rings. The summed E-state index contributed by atoms with van der Waals surface area (Å²) in [5.41, 5.74) is 0. The fourth-order valence-electron chi connectivity index (χ4n) is 0.690. The second-order valence-corrected chi connectivity index (χ2v) is 2.34. The van der Waals surface area contributed by atoms with Gasteiger partial charge < -0.3 is 5.11 Å². The number of hydrogen-bond acceptors (Lipinski definition) is 1. The Kier molecular flexibility index (Phi) is 12.6. The zero-order valence-corrected chi connectivity index (χ0v) is 5.85. The summed E-state index contributed by atoms with van der Waals surface area (Å²) in [5.74, 6) is 0. The SMILES string of the molecule is CCCCCC(C)O.[NaH]. The Morgan fingerprint density at radius 1 is 1.33 bits per heavy atom. The number of aliphatic hydroxyl groups excluding tert-OH is 1. The standard InChI is InChI=1S/C7H16O.Na.H/c1-3-4-5-6-7(2)8;;/h7-8H,3-6H2,1-2H3;;. The molecule has 0 bridgehead atoms. The molecule has 0 saturated carbocycles. The van der Waals surface area contributed by atoms with Gasteiger partial charge in [0.25, 0.3) is 0 Å². The van der Waals surface area contributed by atoms with Crippen LogP contribution in [0.25, 0.3) is 0 Å². The Hall–Kier alpha value is 0.960. The van der Waals surface area contributed by atoms with Gasteiger partial charge in [-0.3, -0.25) is 0 Å². The number of unbranched alkanes of at least 4 members (excludes halogenated alkanes) is 2. The minimum absolute atomic E-state index is 0. The van der Waals surface area contributed by atoms with Crippen LogP contribution in [0.2, 0.25) is 0 Å². The number of hydrogen-bond donors (Lipinski definition) is 1. The van der Waals surface area contributed by atoms with Gasteiger partial charge in [0.2, 0.25) is 0 Å². The summed E-state index contributed by atoms with van der Waals surface area (Å²) in [7, 11) is 0. The van der Waals surface area contributed by atoms with E-state index < -0.39 is 0 Å². The van der Waals surface area contributed by atoms with E-state index in [1.807, 2.05) is 6.92 Å². The summed E-state index contributed by atoms with van der Waals surface area (Å²) in [6, 6.07) is 0. The fraction of sp³-hybridized carbons (Fsp3) is 1.00. The molecule has 9 heavy (non-hydrogen) atoms. The van der Waals surface area contributed by atoms with Crippen LogP contribution in [-0.2, 0) is 0 Å². The molecule has 0 aliphatic carbocycles. The third kappa shape index (κ3) is 12.2. The molecular formula is C7H17NaO. The Bertz CT molecular complexity index is 46.2. The molecule has 0 spiro atoms. The van der Waals surface area contributed by atoms with Crippen molar-refractivity contribution in [2.45, 2.75) is 45.6 Å². The van der Waals surface area contributed by atoms with Crippen LogP contribution in [0.5, 0.6) is 0 Å². The van der Waals surface area contributed by atoms with Crippen molar-refractivity contribution in [2.24, 2.45) is 0 Å². The zero-order chi connectivity index (χ0) is 6.41. The van der Waals surface area contributed by atoms with E-state index in [-0.39, 0.29) is 35.7 Å². The van der Waals surface area contributed by atoms with Gasteiger partial charge >= 0.3 is 29.6 Å². The topological polar surface area (TPSA) is 20.2 Å². The second-order valence-electron chi connectivity index (χ2n) is 2.34. The molecule has 0 fully saturated rings. The van der Waals surface area contributed by atoms with Gasteiger partial charge in [-0.25, -0.2) is 0 Å². The maximum absolute atomic E-state index is 8.78. The third-order valence-electron chi connectivity index (χ3n) is 1.23. The molecule has 0 aromatic heterocycles. The molecule has 1 nitrogen and oxygen atoms in total. The summed E-state index contributed by atoms with van der Waals surface area (Å²) in [4.78, 5) is 0. The molecule has 0 aromatic rings. The molecule has 0 aromatic carbocycles. The molecule has 0 saturated heterocycles. The quantitative estimate of drug-likeness (QED) is 0.461. The first-order valence-electron chi connectivity index (χ1n) is 3.45. The van der Waals surface area contributed by atoms with Crippen molar-refractivity contribution in [3.8, 4) is 0 Å². The summed E-state index contributed by atoms with van der Waals surface area (Å²) in [5, 5.41) is 8.78. The molecule has 0 aliphatic heterocycles. The molecule has 1 unspecified atom stereocenters. The molecule has 0 heterocycles. The average Bonchev–Trinajstić information content (AvgIpc) is 1.66. The van der Waals surface area contributed by atoms with Crippen LogP contribution in [0.15, 0.2) is 0 Å². The van der Waals surface area contributed by atoms with E-state index in [1.165, 1.54) is 19.3 Å². The fourth-order valence-corrected chi connectivity index (χ4v) is 0.690. The van der Waals surface area contributed by atoms with Crippen molar-refractivity contribution >= 4 is 29.6 Å². The molecule has 1 atom stereocenters. The first-order valence-corrected chi connectivity index (χ1v) is 3.45. The molecule has 0 amide bonds. The van der Waals surface area contributed by atoms with Crippen LogP contribution in [0, 0.1) is 0 Å². The van der Waals surface area contributed by atoms with Crippen LogP contribution in [0.1, 0.15) is 39.5 Å².